The van der Waals surface area contributed by atoms with Gasteiger partial charge in [0, 0.05) is 30.2 Å². The molecule has 5 heteroatoms. The highest BCUT2D eigenvalue weighted by atomic mass is 32.1. The largest absolute Gasteiger partial charge is 0.366 e. The zero-order valence-electron chi connectivity index (χ0n) is 12.8. The van der Waals surface area contributed by atoms with Crippen LogP contribution in [0, 0.1) is 5.82 Å². The molecule has 0 aliphatic rings. The number of nitrogens with zero attached hydrogens (tertiary/aromatic N) is 2. The number of halogens is 1. The van der Waals surface area contributed by atoms with Crippen LogP contribution < -0.4 is 10.2 Å². The summed E-state index contributed by atoms with van der Waals surface area (Å²) in [7, 11) is 0. The van der Waals surface area contributed by atoms with Gasteiger partial charge in [-0.25, -0.2) is 9.37 Å². The second kappa shape index (κ2) is 7.52. The fourth-order valence-electron chi connectivity index (χ4n) is 2.05. The first-order valence-corrected chi connectivity index (χ1v) is 8.13. The van der Waals surface area contributed by atoms with Gasteiger partial charge >= 0.3 is 0 Å². The van der Waals surface area contributed by atoms with E-state index in [0.29, 0.717) is 12.6 Å². The summed E-state index contributed by atoms with van der Waals surface area (Å²) in [5, 5.41) is 6.54. The van der Waals surface area contributed by atoms with E-state index in [9.17, 15) is 4.39 Å². The predicted molar refractivity (Wildman–Crippen MR) is 87.2 cm³/mol. The van der Waals surface area contributed by atoms with E-state index in [4.69, 9.17) is 0 Å². The molecule has 114 valence electrons. The lowest BCUT2D eigenvalue weighted by molar-refractivity contribution is 0.586. The molecule has 0 radical (unpaired) electrons. The molecular weight excluding hydrogens is 285 g/mol. The average Bonchev–Trinajstić information content (AvgIpc) is 2.90. The van der Waals surface area contributed by atoms with Crippen LogP contribution in [0.3, 0.4) is 0 Å². The summed E-state index contributed by atoms with van der Waals surface area (Å²) in [5.41, 5.74) is 1.93. The van der Waals surface area contributed by atoms with Crippen LogP contribution in [0.2, 0.25) is 0 Å². The number of thiazole rings is 1. The molecule has 1 N–H and O–H groups in total. The molecule has 0 aliphatic heterocycles. The van der Waals surface area contributed by atoms with Crippen molar-refractivity contribution in [3.8, 4) is 0 Å². The highest BCUT2D eigenvalue weighted by molar-refractivity contribution is 7.09. The molecule has 0 amide bonds. The first-order chi connectivity index (χ1) is 10.1. The molecule has 21 heavy (non-hydrogen) atoms. The quantitative estimate of drug-likeness (QED) is 0.843. The first kappa shape index (κ1) is 15.9. The maximum atomic E-state index is 13.3. The van der Waals surface area contributed by atoms with Gasteiger partial charge < -0.3 is 10.2 Å². The van der Waals surface area contributed by atoms with Crippen molar-refractivity contribution < 1.29 is 4.39 Å². The number of hydrogen-bond acceptors (Lipinski definition) is 4. The van der Waals surface area contributed by atoms with E-state index >= 15 is 0 Å². The van der Waals surface area contributed by atoms with Gasteiger partial charge in [0.15, 0.2) is 0 Å². The Kier molecular flexibility index (Phi) is 5.70. The predicted octanol–water partition coefficient (Wildman–Crippen LogP) is 3.81. The molecule has 0 spiro atoms. The van der Waals surface area contributed by atoms with Gasteiger partial charge in [-0.05, 0) is 25.1 Å². The van der Waals surface area contributed by atoms with E-state index in [1.165, 1.54) is 6.07 Å². The van der Waals surface area contributed by atoms with E-state index in [1.54, 1.807) is 23.5 Å². The molecule has 2 aromatic rings. The zero-order valence-corrected chi connectivity index (χ0v) is 13.6. The molecule has 0 fully saturated rings. The van der Waals surface area contributed by atoms with Gasteiger partial charge in [0.05, 0.1) is 12.2 Å². The molecular formula is C16H22FN3S. The van der Waals surface area contributed by atoms with Crippen LogP contribution in [-0.4, -0.2) is 17.6 Å². The Morgan fingerprint density at radius 2 is 2.19 bits per heavy atom. The topological polar surface area (TPSA) is 28.2 Å². The van der Waals surface area contributed by atoms with Crippen molar-refractivity contribution in [2.75, 3.05) is 11.4 Å². The summed E-state index contributed by atoms with van der Waals surface area (Å²) < 4.78 is 13.3. The summed E-state index contributed by atoms with van der Waals surface area (Å²) in [5.74, 6) is -0.203. The van der Waals surface area contributed by atoms with E-state index in [0.717, 1.165) is 29.5 Å². The Hall–Kier alpha value is -1.46. The lowest BCUT2D eigenvalue weighted by Crippen LogP contribution is -2.23. The standard InChI is InChI=1S/C16H22FN3S/c1-4-20(15-7-5-6-13(17)8-15)10-14-11-21-16(19-14)9-18-12(2)3/h5-8,11-12,18H,4,9-10H2,1-3H3. The minimum Gasteiger partial charge on any atom is -0.366 e. The fraction of sp³-hybridized carbons (Fsp3) is 0.438. The van der Waals surface area contributed by atoms with Crippen molar-refractivity contribution in [2.24, 2.45) is 0 Å². The van der Waals surface area contributed by atoms with Gasteiger partial charge in [-0.15, -0.1) is 11.3 Å². The van der Waals surface area contributed by atoms with Crippen LogP contribution in [0.1, 0.15) is 31.5 Å². The summed E-state index contributed by atoms with van der Waals surface area (Å²) in [4.78, 5) is 6.76. The minimum atomic E-state index is -0.203. The summed E-state index contributed by atoms with van der Waals surface area (Å²) in [6.45, 7) is 8.64. The molecule has 0 unspecified atom stereocenters. The van der Waals surface area contributed by atoms with Crippen LogP contribution >= 0.6 is 11.3 Å². The van der Waals surface area contributed by atoms with Crippen LogP contribution in [0.5, 0.6) is 0 Å². The highest BCUT2D eigenvalue weighted by Gasteiger charge is 2.09. The Labute approximate surface area is 129 Å². The number of aromatic nitrogens is 1. The molecule has 0 saturated heterocycles. The maximum absolute atomic E-state index is 13.3. The average molecular weight is 307 g/mol. The van der Waals surface area contributed by atoms with E-state index < -0.39 is 0 Å². The van der Waals surface area contributed by atoms with Crippen molar-refractivity contribution >= 4 is 17.0 Å². The molecule has 0 saturated carbocycles. The third-order valence-corrected chi connectivity index (χ3v) is 4.07. The smallest absolute Gasteiger partial charge is 0.125 e. The molecule has 0 aliphatic carbocycles. The Balaban J connectivity index is 2.02. The van der Waals surface area contributed by atoms with Crippen LogP contribution in [0.4, 0.5) is 10.1 Å². The number of hydrogen-bond donors (Lipinski definition) is 1. The Morgan fingerprint density at radius 3 is 2.86 bits per heavy atom. The third-order valence-electron chi connectivity index (χ3n) is 3.17. The van der Waals surface area contributed by atoms with Crippen molar-refractivity contribution in [3.05, 3.63) is 46.2 Å². The SMILES string of the molecule is CCN(Cc1csc(CNC(C)C)n1)c1cccc(F)c1. The van der Waals surface area contributed by atoms with Crippen molar-refractivity contribution in [1.82, 2.24) is 10.3 Å². The number of nitrogens with one attached hydrogen (secondary N) is 1. The van der Waals surface area contributed by atoms with Crippen LogP contribution in [0.25, 0.3) is 0 Å². The van der Waals surface area contributed by atoms with E-state index in [2.05, 4.69) is 41.4 Å². The summed E-state index contributed by atoms with van der Waals surface area (Å²) >= 11 is 1.67. The second-order valence-electron chi connectivity index (χ2n) is 5.26. The maximum Gasteiger partial charge on any atom is 0.125 e. The van der Waals surface area contributed by atoms with Gasteiger partial charge in [0.2, 0.25) is 0 Å². The van der Waals surface area contributed by atoms with Crippen LogP contribution in [0.15, 0.2) is 29.6 Å². The lowest BCUT2D eigenvalue weighted by Gasteiger charge is -2.22. The van der Waals surface area contributed by atoms with Gasteiger partial charge in [-0.1, -0.05) is 19.9 Å². The van der Waals surface area contributed by atoms with Crippen molar-refractivity contribution in [3.63, 3.8) is 0 Å². The lowest BCUT2D eigenvalue weighted by atomic mass is 10.2. The van der Waals surface area contributed by atoms with Crippen molar-refractivity contribution in [2.45, 2.75) is 39.9 Å². The van der Waals surface area contributed by atoms with E-state index in [1.807, 2.05) is 6.07 Å². The molecule has 0 bridgehead atoms. The first-order valence-electron chi connectivity index (χ1n) is 7.25. The number of benzene rings is 1. The molecule has 1 aromatic heterocycles. The fourth-order valence-corrected chi connectivity index (χ4v) is 2.78. The molecule has 2 rings (SSSR count). The highest BCUT2D eigenvalue weighted by Crippen LogP contribution is 2.19. The molecule has 1 aromatic carbocycles. The van der Waals surface area contributed by atoms with Gasteiger partial charge in [-0.2, -0.15) is 0 Å². The molecule has 0 atom stereocenters. The van der Waals surface area contributed by atoms with Gasteiger partial charge in [0.25, 0.3) is 0 Å². The zero-order chi connectivity index (χ0) is 15.2. The normalized spacial score (nSPS) is 11.1. The summed E-state index contributed by atoms with van der Waals surface area (Å²) in [6.07, 6.45) is 0. The monoisotopic (exact) mass is 307 g/mol. The molecule has 1 heterocycles. The minimum absolute atomic E-state index is 0.203. The van der Waals surface area contributed by atoms with Crippen molar-refractivity contribution in [1.29, 1.82) is 0 Å². The molecule has 3 nitrogen and oxygen atoms in total. The van der Waals surface area contributed by atoms with Gasteiger partial charge in [-0.3, -0.25) is 0 Å². The Morgan fingerprint density at radius 1 is 1.38 bits per heavy atom. The van der Waals surface area contributed by atoms with Crippen LogP contribution in [-0.2, 0) is 13.1 Å². The van der Waals surface area contributed by atoms with E-state index in [-0.39, 0.29) is 5.82 Å². The third kappa shape index (κ3) is 4.79. The number of anilines is 1. The van der Waals surface area contributed by atoms with Gasteiger partial charge in [0.1, 0.15) is 10.8 Å². The summed E-state index contributed by atoms with van der Waals surface area (Å²) in [6, 6.07) is 7.16. The number of rotatable bonds is 7. The second-order valence-corrected chi connectivity index (χ2v) is 6.20. The Bertz CT molecular complexity index is 568.